The zero-order valence-corrected chi connectivity index (χ0v) is 10.1. The molecule has 0 radical (unpaired) electrons. The molecule has 2 heteroatoms. The van der Waals surface area contributed by atoms with Gasteiger partial charge in [-0.1, -0.05) is 44.2 Å². The number of esters is 1. The molecule has 0 amide bonds. The number of carbonyl (C=O) groups is 1. The summed E-state index contributed by atoms with van der Waals surface area (Å²) in [5, 5.41) is 2.19. The number of ether oxygens (including phenoxy) is 1. The fourth-order valence-corrected chi connectivity index (χ4v) is 1.64. The smallest absolute Gasteiger partial charge is 0.338 e. The molecule has 2 aromatic rings. The molecule has 0 saturated heterocycles. The molecule has 0 atom stereocenters. The summed E-state index contributed by atoms with van der Waals surface area (Å²) in [5.41, 5.74) is 0.615. The van der Waals surface area contributed by atoms with Crippen molar-refractivity contribution in [3.8, 4) is 0 Å². The van der Waals surface area contributed by atoms with E-state index in [0.717, 1.165) is 10.8 Å². The monoisotopic (exact) mass is 228 g/mol. The third-order valence-corrected chi connectivity index (χ3v) is 2.53. The number of rotatable bonds is 3. The van der Waals surface area contributed by atoms with E-state index in [9.17, 15) is 4.79 Å². The number of carbonyl (C=O) groups excluding carboxylic acids is 1. The average Bonchev–Trinajstić information content (AvgIpc) is 2.35. The maximum absolute atomic E-state index is 11.8. The lowest BCUT2D eigenvalue weighted by Crippen LogP contribution is -2.09. The zero-order chi connectivity index (χ0) is 12.3. The van der Waals surface area contributed by atoms with E-state index in [1.54, 1.807) is 0 Å². The molecule has 0 aliphatic rings. The molecule has 88 valence electrons. The van der Waals surface area contributed by atoms with E-state index in [-0.39, 0.29) is 5.97 Å². The molecule has 0 saturated carbocycles. The second-order valence-electron chi connectivity index (χ2n) is 4.55. The van der Waals surface area contributed by atoms with E-state index in [0.29, 0.717) is 18.1 Å². The standard InChI is InChI=1S/C15H16O2/c1-11(2)10-17-15(16)14-8-7-12-5-3-4-6-13(12)9-14/h3-9,11H,10H2,1-2H3. The summed E-state index contributed by atoms with van der Waals surface area (Å²) in [6.07, 6.45) is 0. The van der Waals surface area contributed by atoms with Crippen LogP contribution in [0.25, 0.3) is 10.8 Å². The highest BCUT2D eigenvalue weighted by Crippen LogP contribution is 2.16. The van der Waals surface area contributed by atoms with Crippen molar-refractivity contribution in [2.24, 2.45) is 5.92 Å². The van der Waals surface area contributed by atoms with Crippen molar-refractivity contribution in [2.75, 3.05) is 6.61 Å². The molecule has 2 rings (SSSR count). The first-order valence-electron chi connectivity index (χ1n) is 5.83. The van der Waals surface area contributed by atoms with E-state index < -0.39 is 0 Å². The summed E-state index contributed by atoms with van der Waals surface area (Å²) in [5.74, 6) is 0.115. The van der Waals surface area contributed by atoms with Crippen molar-refractivity contribution in [1.29, 1.82) is 0 Å². The van der Waals surface area contributed by atoms with Crippen molar-refractivity contribution >= 4 is 16.7 Å². The number of hydrogen-bond acceptors (Lipinski definition) is 2. The third-order valence-electron chi connectivity index (χ3n) is 2.53. The quantitative estimate of drug-likeness (QED) is 0.749. The third kappa shape index (κ3) is 2.84. The first-order chi connectivity index (χ1) is 8.16. The van der Waals surface area contributed by atoms with Gasteiger partial charge in [-0.3, -0.25) is 0 Å². The summed E-state index contributed by atoms with van der Waals surface area (Å²) in [4.78, 5) is 11.8. The molecule has 0 heterocycles. The van der Waals surface area contributed by atoms with Crippen LogP contribution in [0.3, 0.4) is 0 Å². The zero-order valence-electron chi connectivity index (χ0n) is 10.1. The number of fused-ring (bicyclic) bond motifs is 1. The molecule has 0 unspecified atom stereocenters. The SMILES string of the molecule is CC(C)COC(=O)c1ccc2ccccc2c1. The fourth-order valence-electron chi connectivity index (χ4n) is 1.64. The van der Waals surface area contributed by atoms with Gasteiger partial charge in [0.25, 0.3) is 0 Å². The molecule has 0 aliphatic heterocycles. The topological polar surface area (TPSA) is 26.3 Å². The molecule has 0 fully saturated rings. The van der Waals surface area contributed by atoms with Gasteiger partial charge in [0.1, 0.15) is 0 Å². The Balaban J connectivity index is 2.21. The molecule has 0 N–H and O–H groups in total. The van der Waals surface area contributed by atoms with Gasteiger partial charge < -0.3 is 4.74 Å². The van der Waals surface area contributed by atoms with Crippen LogP contribution in [-0.4, -0.2) is 12.6 Å². The Morgan fingerprint density at radius 1 is 1.12 bits per heavy atom. The minimum atomic E-state index is -0.246. The Morgan fingerprint density at radius 2 is 1.82 bits per heavy atom. The van der Waals surface area contributed by atoms with Crippen LogP contribution in [-0.2, 0) is 4.74 Å². The van der Waals surface area contributed by atoms with Crippen LogP contribution in [0, 0.1) is 5.92 Å². The molecule has 0 bridgehead atoms. The second kappa shape index (κ2) is 5.00. The van der Waals surface area contributed by atoms with Gasteiger partial charge in [-0.15, -0.1) is 0 Å². The Labute approximate surface area is 101 Å². The Morgan fingerprint density at radius 3 is 2.53 bits per heavy atom. The fraction of sp³-hybridized carbons (Fsp3) is 0.267. The van der Waals surface area contributed by atoms with Gasteiger partial charge in [-0.05, 0) is 28.8 Å². The maximum atomic E-state index is 11.8. The van der Waals surface area contributed by atoms with Gasteiger partial charge in [-0.25, -0.2) is 4.79 Å². The molecule has 2 nitrogen and oxygen atoms in total. The predicted octanol–water partition coefficient (Wildman–Crippen LogP) is 3.65. The van der Waals surface area contributed by atoms with E-state index in [1.807, 2.05) is 56.3 Å². The molecule has 0 aromatic heterocycles. The summed E-state index contributed by atoms with van der Waals surface area (Å²) < 4.78 is 5.20. The van der Waals surface area contributed by atoms with Crippen LogP contribution in [0.1, 0.15) is 24.2 Å². The van der Waals surface area contributed by atoms with Crippen LogP contribution in [0.2, 0.25) is 0 Å². The molecular formula is C15H16O2. The van der Waals surface area contributed by atoms with Gasteiger partial charge >= 0.3 is 5.97 Å². The maximum Gasteiger partial charge on any atom is 0.338 e. The summed E-state index contributed by atoms with van der Waals surface area (Å²) in [7, 11) is 0. The van der Waals surface area contributed by atoms with Gasteiger partial charge in [0.15, 0.2) is 0 Å². The lowest BCUT2D eigenvalue weighted by molar-refractivity contribution is 0.0459. The first kappa shape index (κ1) is 11.6. The van der Waals surface area contributed by atoms with Crippen LogP contribution in [0.15, 0.2) is 42.5 Å². The van der Waals surface area contributed by atoms with E-state index in [4.69, 9.17) is 4.74 Å². The second-order valence-corrected chi connectivity index (χ2v) is 4.55. The Bertz CT molecular complexity index is 529. The van der Waals surface area contributed by atoms with Crippen LogP contribution in [0.5, 0.6) is 0 Å². The minimum Gasteiger partial charge on any atom is -0.462 e. The Kier molecular flexibility index (Phi) is 3.43. The predicted molar refractivity (Wildman–Crippen MR) is 69.1 cm³/mol. The van der Waals surface area contributed by atoms with Crippen LogP contribution < -0.4 is 0 Å². The highest BCUT2D eigenvalue weighted by molar-refractivity contribution is 5.95. The summed E-state index contributed by atoms with van der Waals surface area (Å²) in [6.45, 7) is 4.51. The summed E-state index contributed by atoms with van der Waals surface area (Å²) in [6, 6.07) is 13.6. The van der Waals surface area contributed by atoms with Gasteiger partial charge in [0, 0.05) is 0 Å². The molecule has 0 aliphatic carbocycles. The summed E-state index contributed by atoms with van der Waals surface area (Å²) >= 11 is 0. The lowest BCUT2D eigenvalue weighted by atomic mass is 10.1. The lowest BCUT2D eigenvalue weighted by Gasteiger charge is -2.07. The minimum absolute atomic E-state index is 0.246. The van der Waals surface area contributed by atoms with Crippen molar-refractivity contribution in [3.05, 3.63) is 48.0 Å². The van der Waals surface area contributed by atoms with Crippen molar-refractivity contribution in [3.63, 3.8) is 0 Å². The van der Waals surface area contributed by atoms with Gasteiger partial charge in [0.2, 0.25) is 0 Å². The largest absolute Gasteiger partial charge is 0.462 e. The number of benzene rings is 2. The molecule has 2 aromatic carbocycles. The van der Waals surface area contributed by atoms with E-state index in [1.165, 1.54) is 0 Å². The van der Waals surface area contributed by atoms with E-state index in [2.05, 4.69) is 0 Å². The van der Waals surface area contributed by atoms with Gasteiger partial charge in [-0.2, -0.15) is 0 Å². The Hall–Kier alpha value is -1.83. The normalized spacial score (nSPS) is 10.8. The average molecular weight is 228 g/mol. The van der Waals surface area contributed by atoms with Crippen molar-refractivity contribution in [2.45, 2.75) is 13.8 Å². The highest BCUT2D eigenvalue weighted by atomic mass is 16.5. The molecule has 0 spiro atoms. The van der Waals surface area contributed by atoms with Crippen LogP contribution in [0.4, 0.5) is 0 Å². The van der Waals surface area contributed by atoms with Crippen molar-refractivity contribution in [1.82, 2.24) is 0 Å². The van der Waals surface area contributed by atoms with Crippen LogP contribution >= 0.6 is 0 Å². The van der Waals surface area contributed by atoms with E-state index >= 15 is 0 Å². The highest BCUT2D eigenvalue weighted by Gasteiger charge is 2.08. The number of hydrogen-bond donors (Lipinski definition) is 0. The first-order valence-corrected chi connectivity index (χ1v) is 5.83. The van der Waals surface area contributed by atoms with Gasteiger partial charge in [0.05, 0.1) is 12.2 Å². The molecule has 17 heavy (non-hydrogen) atoms. The van der Waals surface area contributed by atoms with Crippen molar-refractivity contribution < 1.29 is 9.53 Å². The molecular weight excluding hydrogens is 212 g/mol.